The first-order valence-corrected chi connectivity index (χ1v) is 9.02. The van der Waals surface area contributed by atoms with Gasteiger partial charge in [0.2, 0.25) is 0 Å². The van der Waals surface area contributed by atoms with Crippen molar-refractivity contribution in [1.82, 2.24) is 4.57 Å². The Morgan fingerprint density at radius 2 is 1.50 bits per heavy atom. The molecule has 0 saturated carbocycles. The molecule has 7 heteroatoms. The molecule has 0 saturated heterocycles. The summed E-state index contributed by atoms with van der Waals surface area (Å²) in [4.78, 5) is 23.8. The van der Waals surface area contributed by atoms with E-state index in [4.69, 9.17) is 19.3 Å². The van der Waals surface area contributed by atoms with Crippen molar-refractivity contribution in [1.29, 1.82) is 0 Å². The van der Waals surface area contributed by atoms with Crippen molar-refractivity contribution < 1.29 is 28.9 Å². The number of methoxy groups -OCH3 is 3. The number of para-hydroxylation sites is 1. The maximum atomic E-state index is 12.9. The molecule has 2 aromatic carbocycles. The Balaban J connectivity index is 2.00. The molecule has 0 aliphatic heterocycles. The van der Waals surface area contributed by atoms with Crippen molar-refractivity contribution in [2.45, 2.75) is 0 Å². The lowest BCUT2D eigenvalue weighted by molar-refractivity contribution is -0.131. The topological polar surface area (TPSA) is 87.0 Å². The SMILES string of the molecule is COc1cc(OC)c(OC)cc1/C=C/C(=O)n1cc(/C=C/C(=O)O)c2ccccc21. The number of hydrogen-bond donors (Lipinski definition) is 1. The third-order valence-electron chi connectivity index (χ3n) is 4.53. The lowest BCUT2D eigenvalue weighted by Crippen LogP contribution is -2.05. The number of benzene rings is 2. The number of allylic oxidation sites excluding steroid dienone is 1. The average Bonchev–Trinajstić information content (AvgIpc) is 3.14. The first-order chi connectivity index (χ1) is 14.5. The molecule has 0 radical (unpaired) electrons. The fourth-order valence-corrected chi connectivity index (χ4v) is 3.11. The summed E-state index contributed by atoms with van der Waals surface area (Å²) in [7, 11) is 4.59. The van der Waals surface area contributed by atoms with Crippen LogP contribution in [0.25, 0.3) is 23.1 Å². The van der Waals surface area contributed by atoms with Gasteiger partial charge in [-0.1, -0.05) is 18.2 Å². The Bertz CT molecular complexity index is 1160. The van der Waals surface area contributed by atoms with E-state index in [2.05, 4.69) is 0 Å². The smallest absolute Gasteiger partial charge is 0.328 e. The Morgan fingerprint density at radius 1 is 0.867 bits per heavy atom. The summed E-state index contributed by atoms with van der Waals surface area (Å²) in [5, 5.41) is 9.68. The molecule has 0 aliphatic rings. The summed E-state index contributed by atoms with van der Waals surface area (Å²) in [6.07, 6.45) is 7.17. The van der Waals surface area contributed by atoms with E-state index in [-0.39, 0.29) is 5.91 Å². The van der Waals surface area contributed by atoms with Gasteiger partial charge in [-0.15, -0.1) is 0 Å². The number of nitrogens with zero attached hydrogens (tertiary/aromatic N) is 1. The van der Waals surface area contributed by atoms with Gasteiger partial charge in [0.25, 0.3) is 5.91 Å². The summed E-state index contributed by atoms with van der Waals surface area (Å²) < 4.78 is 17.4. The number of rotatable bonds is 7. The highest BCUT2D eigenvalue weighted by Crippen LogP contribution is 2.35. The first kappa shape index (κ1) is 20.7. The molecule has 154 valence electrons. The molecule has 1 aromatic heterocycles. The number of carbonyl (C=O) groups is 2. The van der Waals surface area contributed by atoms with Crippen molar-refractivity contribution >= 4 is 34.9 Å². The van der Waals surface area contributed by atoms with E-state index in [9.17, 15) is 9.59 Å². The Hall–Kier alpha value is -4.00. The number of carboxylic acids is 1. The second-order valence-electron chi connectivity index (χ2n) is 6.26. The van der Waals surface area contributed by atoms with Gasteiger partial charge < -0.3 is 19.3 Å². The highest BCUT2D eigenvalue weighted by atomic mass is 16.5. The van der Waals surface area contributed by atoms with Gasteiger partial charge in [0.05, 0.1) is 26.8 Å². The molecular formula is C23H21NO6. The first-order valence-electron chi connectivity index (χ1n) is 9.02. The van der Waals surface area contributed by atoms with Gasteiger partial charge in [-0.2, -0.15) is 0 Å². The standard InChI is InChI=1S/C23H21NO6/c1-28-19-13-21(30-3)20(29-2)12-15(19)8-10-22(25)24-14-16(9-11-23(26)27)17-6-4-5-7-18(17)24/h4-14H,1-3H3,(H,26,27)/b10-8+,11-9+. The van der Waals surface area contributed by atoms with E-state index in [0.717, 1.165) is 11.5 Å². The minimum Gasteiger partial charge on any atom is -0.496 e. The van der Waals surface area contributed by atoms with Gasteiger partial charge in [0, 0.05) is 40.9 Å². The number of carbonyl (C=O) groups excluding carboxylic acids is 1. The Labute approximate surface area is 173 Å². The molecule has 0 unspecified atom stereocenters. The van der Waals surface area contributed by atoms with E-state index in [1.165, 1.54) is 38.0 Å². The lowest BCUT2D eigenvalue weighted by Gasteiger charge is -2.12. The van der Waals surface area contributed by atoms with Crippen LogP contribution in [0.4, 0.5) is 0 Å². The van der Waals surface area contributed by atoms with Crippen LogP contribution < -0.4 is 14.2 Å². The molecule has 0 bridgehead atoms. The van der Waals surface area contributed by atoms with Gasteiger partial charge in [-0.05, 0) is 24.3 Å². The number of hydrogen-bond acceptors (Lipinski definition) is 5. The summed E-state index contributed by atoms with van der Waals surface area (Å²) in [5.41, 5.74) is 1.96. The molecule has 0 atom stereocenters. The zero-order chi connectivity index (χ0) is 21.7. The van der Waals surface area contributed by atoms with Crippen LogP contribution >= 0.6 is 0 Å². The summed E-state index contributed by atoms with van der Waals surface area (Å²) in [6.45, 7) is 0. The molecule has 30 heavy (non-hydrogen) atoms. The van der Waals surface area contributed by atoms with Gasteiger partial charge in [0.15, 0.2) is 11.5 Å². The van der Waals surface area contributed by atoms with Crippen LogP contribution in [0.3, 0.4) is 0 Å². The molecule has 1 heterocycles. The second-order valence-corrected chi connectivity index (χ2v) is 6.26. The lowest BCUT2D eigenvalue weighted by atomic mass is 10.1. The quantitative estimate of drug-likeness (QED) is 0.593. The Kier molecular flexibility index (Phi) is 6.22. The predicted molar refractivity (Wildman–Crippen MR) is 114 cm³/mol. The van der Waals surface area contributed by atoms with E-state index in [0.29, 0.717) is 33.9 Å². The van der Waals surface area contributed by atoms with Crippen LogP contribution in [-0.4, -0.2) is 42.9 Å². The van der Waals surface area contributed by atoms with E-state index < -0.39 is 5.97 Å². The highest BCUT2D eigenvalue weighted by Gasteiger charge is 2.13. The molecule has 7 nitrogen and oxygen atoms in total. The molecule has 3 rings (SSSR count). The van der Waals surface area contributed by atoms with Crippen LogP contribution in [0.1, 0.15) is 15.9 Å². The number of aliphatic carboxylic acids is 1. The molecule has 0 spiro atoms. The van der Waals surface area contributed by atoms with Crippen molar-refractivity contribution in [3.63, 3.8) is 0 Å². The largest absolute Gasteiger partial charge is 0.496 e. The van der Waals surface area contributed by atoms with Crippen LogP contribution in [0.2, 0.25) is 0 Å². The number of fused-ring (bicyclic) bond motifs is 1. The Morgan fingerprint density at radius 3 is 2.17 bits per heavy atom. The van der Waals surface area contributed by atoms with E-state index in [1.807, 2.05) is 18.2 Å². The minimum atomic E-state index is -1.06. The van der Waals surface area contributed by atoms with Gasteiger partial charge in [-0.25, -0.2) is 4.79 Å². The fraction of sp³-hybridized carbons (Fsp3) is 0.130. The van der Waals surface area contributed by atoms with Crippen LogP contribution in [0.15, 0.2) is 54.7 Å². The summed E-state index contributed by atoms with van der Waals surface area (Å²) in [5.74, 6) is 0.206. The van der Waals surface area contributed by atoms with Crippen molar-refractivity contribution in [2.24, 2.45) is 0 Å². The van der Waals surface area contributed by atoms with E-state index in [1.54, 1.807) is 30.5 Å². The minimum absolute atomic E-state index is 0.294. The van der Waals surface area contributed by atoms with Gasteiger partial charge in [0.1, 0.15) is 5.75 Å². The summed E-state index contributed by atoms with van der Waals surface area (Å²) >= 11 is 0. The number of carboxylic acid groups (broad SMARTS) is 1. The highest BCUT2D eigenvalue weighted by molar-refractivity contribution is 6.03. The summed E-state index contributed by atoms with van der Waals surface area (Å²) in [6, 6.07) is 10.7. The normalized spacial score (nSPS) is 11.3. The number of aromatic nitrogens is 1. The van der Waals surface area contributed by atoms with Crippen LogP contribution in [0.5, 0.6) is 17.2 Å². The predicted octanol–water partition coefficient (Wildman–Crippen LogP) is 4.12. The van der Waals surface area contributed by atoms with Crippen molar-refractivity contribution in [2.75, 3.05) is 21.3 Å². The zero-order valence-electron chi connectivity index (χ0n) is 16.8. The molecular weight excluding hydrogens is 386 g/mol. The molecule has 0 amide bonds. The third-order valence-corrected chi connectivity index (χ3v) is 4.53. The van der Waals surface area contributed by atoms with Crippen molar-refractivity contribution in [3.8, 4) is 17.2 Å². The number of ether oxygens (including phenoxy) is 3. The molecule has 0 fully saturated rings. The third kappa shape index (κ3) is 4.20. The molecule has 1 N–H and O–H groups in total. The van der Waals surface area contributed by atoms with Gasteiger partial charge >= 0.3 is 5.97 Å². The van der Waals surface area contributed by atoms with Crippen LogP contribution in [-0.2, 0) is 4.79 Å². The zero-order valence-corrected chi connectivity index (χ0v) is 16.8. The monoisotopic (exact) mass is 407 g/mol. The van der Waals surface area contributed by atoms with Gasteiger partial charge in [-0.3, -0.25) is 9.36 Å². The van der Waals surface area contributed by atoms with E-state index >= 15 is 0 Å². The van der Waals surface area contributed by atoms with Crippen LogP contribution in [0, 0.1) is 0 Å². The second kappa shape index (κ2) is 9.00. The van der Waals surface area contributed by atoms with Crippen molar-refractivity contribution in [3.05, 3.63) is 65.9 Å². The maximum Gasteiger partial charge on any atom is 0.328 e. The average molecular weight is 407 g/mol. The molecule has 0 aliphatic carbocycles. The fourth-order valence-electron chi connectivity index (χ4n) is 3.11. The molecule has 3 aromatic rings. The maximum absolute atomic E-state index is 12.9.